The summed E-state index contributed by atoms with van der Waals surface area (Å²) in [5.41, 5.74) is 0. The Balaban J connectivity index is 3.43. The summed E-state index contributed by atoms with van der Waals surface area (Å²) in [5.74, 6) is 0. The molecule has 0 saturated carbocycles. The van der Waals surface area contributed by atoms with Crippen molar-refractivity contribution in [2.45, 2.75) is 0 Å². The van der Waals surface area contributed by atoms with Crippen LogP contribution in [0.2, 0.25) is 0 Å². The third-order valence-corrected chi connectivity index (χ3v) is 1.53. The number of hydrogen-bond acceptors (Lipinski definition) is 2. The van der Waals surface area contributed by atoms with Gasteiger partial charge in [0.15, 0.2) is 0 Å². The molecule has 50 valence electrons. The number of rotatable bonds is 1. The van der Waals surface area contributed by atoms with Crippen LogP contribution in [0.5, 0.6) is 0 Å². The van der Waals surface area contributed by atoms with Crippen molar-refractivity contribution >= 4 is 17.1 Å². The van der Waals surface area contributed by atoms with Crippen LogP contribution in [-0.2, 0) is 19.4 Å². The van der Waals surface area contributed by atoms with Crippen molar-refractivity contribution in [3.63, 3.8) is 0 Å². The Kier molecular flexibility index (Phi) is 2.64. The van der Waals surface area contributed by atoms with Gasteiger partial charge in [-0.3, -0.25) is 0 Å². The van der Waals surface area contributed by atoms with E-state index >= 15 is 0 Å². The van der Waals surface area contributed by atoms with Gasteiger partial charge >= 0.3 is 69.4 Å². The Morgan fingerprint density at radius 1 is 1.40 bits per heavy atom. The van der Waals surface area contributed by atoms with Gasteiger partial charge in [-0.1, -0.05) is 0 Å². The summed E-state index contributed by atoms with van der Waals surface area (Å²) in [4.78, 5) is 0. The number of hydrogen-bond donors (Lipinski definition) is 0. The van der Waals surface area contributed by atoms with Crippen LogP contribution < -0.4 is 10.4 Å². The van der Waals surface area contributed by atoms with Gasteiger partial charge in [-0.15, -0.1) is 0 Å². The average Bonchev–Trinajstić information content (AvgIpc) is 1.94. The second-order valence-electron chi connectivity index (χ2n) is 1.70. The zero-order valence-electron chi connectivity index (χ0n) is 5.19. The van der Waals surface area contributed by atoms with Gasteiger partial charge in [-0.25, -0.2) is 0 Å². The minimum atomic E-state index is 0.674. The third kappa shape index (κ3) is 1.68. The van der Waals surface area contributed by atoms with Crippen LogP contribution >= 0.6 is 0 Å². The van der Waals surface area contributed by atoms with E-state index in [4.69, 9.17) is 6.58 Å². The van der Waals surface area contributed by atoms with Crippen molar-refractivity contribution in [1.82, 2.24) is 10.2 Å². The van der Waals surface area contributed by atoms with E-state index in [2.05, 4.69) is 10.2 Å². The van der Waals surface area contributed by atoms with E-state index in [9.17, 15) is 0 Å². The topological polar surface area (TPSA) is 25.8 Å². The van der Waals surface area contributed by atoms with Gasteiger partial charge < -0.3 is 0 Å². The first kappa shape index (κ1) is 7.48. The predicted molar refractivity (Wildman–Crippen MR) is 36.3 cm³/mol. The number of aromatic nitrogens is 2. The van der Waals surface area contributed by atoms with E-state index in [1.165, 1.54) is 19.4 Å². The summed E-state index contributed by atoms with van der Waals surface area (Å²) < 4.78 is 1.99. The van der Waals surface area contributed by atoms with E-state index in [0.717, 1.165) is 5.22 Å². The first-order valence-electron chi connectivity index (χ1n) is 2.69. The van der Waals surface area contributed by atoms with Gasteiger partial charge in [0, 0.05) is 0 Å². The molecule has 0 aliphatic carbocycles. The molecule has 0 amide bonds. The summed E-state index contributed by atoms with van der Waals surface area (Å²) in [6.45, 7) is 5.56. The molecule has 0 spiro atoms. The third-order valence-electron chi connectivity index (χ3n) is 1.04. The number of nitrogens with zero attached hydrogens (tertiary/aromatic N) is 2. The van der Waals surface area contributed by atoms with Crippen LogP contribution in [0.15, 0.2) is 12.4 Å². The van der Waals surface area contributed by atoms with Crippen molar-refractivity contribution in [2.75, 3.05) is 0 Å². The van der Waals surface area contributed by atoms with E-state index in [1.54, 1.807) is 12.4 Å². The summed E-state index contributed by atoms with van der Waals surface area (Å²) >= 11 is 1.39. The second kappa shape index (κ2) is 3.52. The molecule has 1 aromatic rings. The molecule has 1 aromatic heterocycles. The van der Waals surface area contributed by atoms with E-state index in [-0.39, 0.29) is 0 Å². The van der Waals surface area contributed by atoms with Crippen LogP contribution in [0.1, 0.15) is 0 Å². The van der Waals surface area contributed by atoms with Crippen LogP contribution in [-0.4, -0.2) is 14.6 Å². The summed E-state index contributed by atoms with van der Waals surface area (Å²) in [5, 5.41) is 8.93. The molecule has 0 aliphatic rings. The van der Waals surface area contributed by atoms with Gasteiger partial charge in [0.1, 0.15) is 0 Å². The molecule has 0 radical (unpaired) electrons. The summed E-state index contributed by atoms with van der Waals surface area (Å²) in [7, 11) is 0. The fraction of sp³-hybridized carbons (Fsp3) is 0. The molecule has 0 atom stereocenters. The van der Waals surface area contributed by atoms with Crippen LogP contribution in [0.3, 0.4) is 0 Å². The van der Waals surface area contributed by atoms with Gasteiger partial charge in [0.2, 0.25) is 0 Å². The Labute approximate surface area is 69.7 Å². The van der Waals surface area contributed by atoms with E-state index in [1.807, 2.05) is 10.5 Å². The Hall–Kier alpha value is -0.622. The van der Waals surface area contributed by atoms with Gasteiger partial charge in [0.05, 0.1) is 0 Å². The molecule has 1 heterocycles. The molecule has 0 unspecified atom stereocenters. The second-order valence-corrected chi connectivity index (χ2v) is 2.68. The van der Waals surface area contributed by atoms with Crippen LogP contribution in [0.25, 0.3) is 12.7 Å². The van der Waals surface area contributed by atoms with Crippen molar-refractivity contribution in [3.8, 4) is 0 Å². The fourth-order valence-electron chi connectivity index (χ4n) is 0.553. The normalized spacial score (nSPS) is 11.4. The molecule has 10 heavy (non-hydrogen) atoms. The molecule has 0 fully saturated rings. The van der Waals surface area contributed by atoms with E-state index < -0.39 is 0 Å². The maximum atomic E-state index is 5.56. The molecule has 0 aliphatic heterocycles. The van der Waals surface area contributed by atoms with Gasteiger partial charge in [-0.2, -0.15) is 0 Å². The van der Waals surface area contributed by atoms with Crippen LogP contribution in [0, 0.1) is 0 Å². The van der Waals surface area contributed by atoms with Gasteiger partial charge in [0.25, 0.3) is 0 Å². The molecular formula is C7H5N2W-. The van der Waals surface area contributed by atoms with Crippen LogP contribution in [0.4, 0.5) is 0 Å². The average molecular weight is 301 g/mol. The summed E-state index contributed by atoms with van der Waals surface area (Å²) in [6.07, 6.45) is 5.12. The predicted octanol–water partition coefficient (Wildman–Crippen LogP) is -1.11. The first-order chi connectivity index (χ1) is 4.84. The fourth-order valence-corrected chi connectivity index (χ4v) is 1.08. The van der Waals surface area contributed by atoms with Crippen molar-refractivity contribution in [1.29, 1.82) is 0 Å². The zero-order valence-corrected chi connectivity index (χ0v) is 8.12. The Morgan fingerprint density at radius 3 is 2.70 bits per heavy atom. The molecule has 1 rings (SSSR count). The molecule has 2 nitrogen and oxygen atoms in total. The molecule has 0 N–H and O–H groups in total. The van der Waals surface area contributed by atoms with E-state index in [0.29, 0.717) is 5.22 Å². The summed E-state index contributed by atoms with van der Waals surface area (Å²) in [6, 6.07) is 0. The standard InChI is InChI=1S/C7H5N2.W/c1-3-7-5-9-8-4-6(7)2;/h1-5H;/q-1;/b7-3-;. The molecule has 3 heteroatoms. The van der Waals surface area contributed by atoms with Crippen molar-refractivity contribution in [3.05, 3.63) is 22.8 Å². The molecule has 0 bridgehead atoms. The minimum absolute atomic E-state index is 0.674. The quantitative estimate of drug-likeness (QED) is 0.615. The molecule has 0 saturated heterocycles. The first-order valence-corrected chi connectivity index (χ1v) is 4.38. The van der Waals surface area contributed by atoms with Crippen molar-refractivity contribution < 1.29 is 19.4 Å². The van der Waals surface area contributed by atoms with Gasteiger partial charge in [-0.05, 0) is 0 Å². The molecule has 0 aromatic carbocycles. The maximum absolute atomic E-state index is 5.56. The SMILES string of the molecule is [CH-]=c1cnnc/c1=C/[CH]=[W]. The zero-order chi connectivity index (χ0) is 7.40. The Bertz CT molecular complexity index is 332. The van der Waals surface area contributed by atoms with Crippen molar-refractivity contribution in [2.24, 2.45) is 0 Å². The molecular weight excluding hydrogens is 296 g/mol. The monoisotopic (exact) mass is 301 g/mol. The Morgan fingerprint density at radius 2 is 2.10 bits per heavy atom.